The Labute approximate surface area is 196 Å². The number of carbonyl (C=O) groups is 2. The van der Waals surface area contributed by atoms with E-state index in [1.165, 1.54) is 38.5 Å². The predicted molar refractivity (Wildman–Crippen MR) is 127 cm³/mol. The van der Waals surface area contributed by atoms with Gasteiger partial charge in [-0.05, 0) is 119 Å². The highest BCUT2D eigenvalue weighted by Gasteiger charge is 2.55. The van der Waals surface area contributed by atoms with Crippen molar-refractivity contribution in [3.05, 3.63) is 18.2 Å². The Bertz CT molecular complexity index is 868. The fraction of sp³-hybridized carbons (Fsp3) is 0.714. The zero-order valence-corrected chi connectivity index (χ0v) is 19.4. The Morgan fingerprint density at radius 2 is 0.909 bits per heavy atom. The summed E-state index contributed by atoms with van der Waals surface area (Å²) in [5.41, 5.74) is 0.721. The van der Waals surface area contributed by atoms with Crippen LogP contribution in [0.1, 0.15) is 77.0 Å². The van der Waals surface area contributed by atoms with Gasteiger partial charge in [-0.1, -0.05) is 0 Å². The number of amides is 2. The molecule has 0 unspecified atom stereocenters. The lowest BCUT2D eigenvalue weighted by atomic mass is 9.49. The molecule has 176 valence electrons. The van der Waals surface area contributed by atoms with E-state index in [0.717, 1.165) is 38.5 Å². The highest BCUT2D eigenvalue weighted by molar-refractivity contribution is 5.99. The molecule has 8 saturated carbocycles. The van der Waals surface area contributed by atoms with E-state index in [0.29, 0.717) is 46.9 Å². The molecule has 8 fully saturated rings. The first-order valence-corrected chi connectivity index (χ1v) is 13.3. The van der Waals surface area contributed by atoms with Crippen molar-refractivity contribution in [2.75, 3.05) is 10.6 Å². The van der Waals surface area contributed by atoms with E-state index in [4.69, 9.17) is 0 Å². The maximum atomic E-state index is 13.5. The van der Waals surface area contributed by atoms with Gasteiger partial charge in [0.25, 0.3) is 0 Å². The van der Waals surface area contributed by atoms with Crippen molar-refractivity contribution in [3.63, 3.8) is 0 Å². The number of hydrogen-bond donors (Lipinski definition) is 3. The maximum absolute atomic E-state index is 13.5. The van der Waals surface area contributed by atoms with Crippen LogP contribution in [0.25, 0.3) is 0 Å². The van der Waals surface area contributed by atoms with E-state index in [9.17, 15) is 14.7 Å². The summed E-state index contributed by atoms with van der Waals surface area (Å²) >= 11 is 0. The molecule has 5 heteroatoms. The first kappa shape index (κ1) is 20.3. The molecule has 33 heavy (non-hydrogen) atoms. The summed E-state index contributed by atoms with van der Waals surface area (Å²) in [6, 6.07) is 5.05. The molecule has 5 nitrogen and oxygen atoms in total. The Morgan fingerprint density at radius 3 is 1.21 bits per heavy atom. The standard InChI is InChI=1S/C28H36N2O3/c31-24-8-22(29-25(32)27-10-16-1-17(11-27)3-18(2-16)12-27)7-23(9-24)30-26(33)28-13-19-4-20(14-28)6-21(5-19)15-28/h7-9,16-21,31H,1-6,10-15H2,(H,29,32)(H,30,33). The van der Waals surface area contributed by atoms with Crippen LogP contribution in [0.15, 0.2) is 18.2 Å². The average molecular weight is 449 g/mol. The van der Waals surface area contributed by atoms with E-state index < -0.39 is 0 Å². The minimum atomic E-state index is -0.233. The Kier molecular flexibility index (Phi) is 4.31. The second-order valence-corrected chi connectivity index (χ2v) is 13.1. The molecule has 9 rings (SSSR count). The minimum Gasteiger partial charge on any atom is -0.508 e. The van der Waals surface area contributed by atoms with Gasteiger partial charge in [-0.25, -0.2) is 0 Å². The van der Waals surface area contributed by atoms with Crippen molar-refractivity contribution in [2.24, 2.45) is 46.3 Å². The quantitative estimate of drug-likeness (QED) is 0.553. The molecule has 0 spiro atoms. The van der Waals surface area contributed by atoms with Gasteiger partial charge < -0.3 is 15.7 Å². The summed E-state index contributed by atoms with van der Waals surface area (Å²) in [6.07, 6.45) is 13.9. The van der Waals surface area contributed by atoms with Crippen LogP contribution < -0.4 is 10.6 Å². The molecule has 8 aliphatic rings. The number of phenols is 1. The van der Waals surface area contributed by atoms with Crippen LogP contribution >= 0.6 is 0 Å². The first-order chi connectivity index (χ1) is 15.9. The second kappa shape index (κ2) is 6.99. The largest absolute Gasteiger partial charge is 0.508 e. The molecular formula is C28H36N2O3. The lowest BCUT2D eigenvalue weighted by Gasteiger charge is -2.55. The van der Waals surface area contributed by atoms with Gasteiger partial charge in [0.05, 0.1) is 10.8 Å². The van der Waals surface area contributed by atoms with Crippen molar-refractivity contribution in [2.45, 2.75) is 77.0 Å². The molecule has 0 aromatic heterocycles. The molecule has 0 radical (unpaired) electrons. The molecule has 3 N–H and O–H groups in total. The number of aromatic hydroxyl groups is 1. The van der Waals surface area contributed by atoms with Gasteiger partial charge in [0, 0.05) is 23.5 Å². The normalized spacial score (nSPS) is 44.1. The van der Waals surface area contributed by atoms with Crippen LogP contribution in [0.2, 0.25) is 0 Å². The SMILES string of the molecule is O=C(Nc1cc(O)cc(NC(=O)C23CC4CC(CC(C4)C2)C3)c1)C12CC3CC(CC(C3)C1)C2. The minimum absolute atomic E-state index is 0.0825. The van der Waals surface area contributed by atoms with Crippen LogP contribution in [0.5, 0.6) is 5.75 Å². The summed E-state index contributed by atoms with van der Waals surface area (Å²) in [4.78, 5) is 26.9. The van der Waals surface area contributed by atoms with E-state index in [1.807, 2.05) is 6.07 Å². The van der Waals surface area contributed by atoms with Crippen LogP contribution in [0.3, 0.4) is 0 Å². The maximum Gasteiger partial charge on any atom is 0.230 e. The third kappa shape index (κ3) is 3.32. The van der Waals surface area contributed by atoms with Crippen molar-refractivity contribution >= 4 is 23.2 Å². The number of hydrogen-bond acceptors (Lipinski definition) is 3. The van der Waals surface area contributed by atoms with Crippen molar-refractivity contribution < 1.29 is 14.7 Å². The smallest absolute Gasteiger partial charge is 0.230 e. The Hall–Kier alpha value is -2.04. The summed E-state index contributed by atoms with van der Waals surface area (Å²) in [7, 11) is 0. The molecule has 8 aliphatic carbocycles. The van der Waals surface area contributed by atoms with E-state index in [1.54, 1.807) is 12.1 Å². The van der Waals surface area contributed by atoms with Crippen molar-refractivity contribution in [3.8, 4) is 5.75 Å². The number of carbonyl (C=O) groups excluding carboxylic acids is 2. The molecule has 0 heterocycles. The number of phenolic OH excluding ortho intramolecular Hbond substituents is 1. The number of rotatable bonds is 4. The second-order valence-electron chi connectivity index (χ2n) is 13.1. The lowest BCUT2D eigenvalue weighted by molar-refractivity contribution is -0.140. The van der Waals surface area contributed by atoms with Gasteiger partial charge in [0.15, 0.2) is 0 Å². The topological polar surface area (TPSA) is 78.4 Å². The molecule has 1 aromatic carbocycles. The Morgan fingerprint density at radius 1 is 0.606 bits per heavy atom. The van der Waals surface area contributed by atoms with E-state index in [-0.39, 0.29) is 28.4 Å². The molecule has 0 saturated heterocycles. The Balaban J connectivity index is 1.09. The van der Waals surface area contributed by atoms with Crippen LogP contribution in [0.4, 0.5) is 11.4 Å². The van der Waals surface area contributed by atoms with Gasteiger partial charge in [0.1, 0.15) is 5.75 Å². The fourth-order valence-corrected chi connectivity index (χ4v) is 10.1. The van der Waals surface area contributed by atoms with Crippen molar-refractivity contribution in [1.82, 2.24) is 0 Å². The first-order valence-electron chi connectivity index (χ1n) is 13.3. The number of nitrogens with one attached hydrogen (secondary N) is 2. The third-order valence-electron chi connectivity index (χ3n) is 10.5. The van der Waals surface area contributed by atoms with Gasteiger partial charge in [-0.3, -0.25) is 9.59 Å². The molecule has 8 bridgehead atoms. The fourth-order valence-electron chi connectivity index (χ4n) is 10.1. The highest BCUT2D eigenvalue weighted by Crippen LogP contribution is 2.61. The third-order valence-corrected chi connectivity index (χ3v) is 10.5. The zero-order valence-electron chi connectivity index (χ0n) is 19.4. The van der Waals surface area contributed by atoms with Gasteiger partial charge in [0.2, 0.25) is 11.8 Å². The average Bonchev–Trinajstić information content (AvgIpc) is 2.71. The number of anilines is 2. The summed E-state index contributed by atoms with van der Waals surface area (Å²) in [5, 5.41) is 16.7. The van der Waals surface area contributed by atoms with Crippen LogP contribution in [0, 0.1) is 46.3 Å². The highest BCUT2D eigenvalue weighted by atomic mass is 16.3. The monoisotopic (exact) mass is 448 g/mol. The molecule has 0 aliphatic heterocycles. The molecule has 0 atom stereocenters. The van der Waals surface area contributed by atoms with Gasteiger partial charge in [-0.15, -0.1) is 0 Å². The molecule has 1 aromatic rings. The molecular weight excluding hydrogens is 412 g/mol. The van der Waals surface area contributed by atoms with E-state index >= 15 is 0 Å². The zero-order chi connectivity index (χ0) is 22.4. The number of benzene rings is 1. The molecule has 2 amide bonds. The van der Waals surface area contributed by atoms with Crippen LogP contribution in [-0.4, -0.2) is 16.9 Å². The predicted octanol–water partition coefficient (Wildman–Crippen LogP) is 5.70. The summed E-state index contributed by atoms with van der Waals surface area (Å²) < 4.78 is 0. The van der Waals surface area contributed by atoms with Crippen molar-refractivity contribution in [1.29, 1.82) is 0 Å². The van der Waals surface area contributed by atoms with Crippen LogP contribution in [-0.2, 0) is 9.59 Å². The van der Waals surface area contributed by atoms with Gasteiger partial charge in [-0.2, -0.15) is 0 Å². The van der Waals surface area contributed by atoms with Gasteiger partial charge >= 0.3 is 0 Å². The summed E-state index contributed by atoms with van der Waals surface area (Å²) in [6.45, 7) is 0. The summed E-state index contributed by atoms with van der Waals surface area (Å²) in [5.74, 6) is 4.57. The lowest BCUT2D eigenvalue weighted by Crippen LogP contribution is -2.52. The van der Waals surface area contributed by atoms with E-state index in [2.05, 4.69) is 10.6 Å².